The molecule has 4 heteroatoms. The largest absolute Gasteiger partial charge is 0.345 e. The van der Waals surface area contributed by atoms with Crippen LogP contribution in [0.15, 0.2) is 5.38 Å². The molecule has 13 heavy (non-hydrogen) atoms. The van der Waals surface area contributed by atoms with Gasteiger partial charge >= 0.3 is 0 Å². The lowest BCUT2D eigenvalue weighted by molar-refractivity contribution is 0.111. The van der Waals surface area contributed by atoms with Gasteiger partial charge in [0.15, 0.2) is 11.4 Å². The maximum Gasteiger partial charge on any atom is 0.186 e. The van der Waals surface area contributed by atoms with E-state index in [0.717, 1.165) is 18.0 Å². The van der Waals surface area contributed by atoms with Gasteiger partial charge in [-0.2, -0.15) is 0 Å². The van der Waals surface area contributed by atoms with Crippen molar-refractivity contribution < 1.29 is 4.79 Å². The molecule has 3 nitrogen and oxygen atoms in total. The van der Waals surface area contributed by atoms with Crippen molar-refractivity contribution in [3.05, 3.63) is 11.1 Å². The van der Waals surface area contributed by atoms with Crippen molar-refractivity contribution >= 4 is 22.8 Å². The highest BCUT2D eigenvalue weighted by Gasteiger charge is 2.22. The minimum absolute atomic E-state index is 0.555. The van der Waals surface area contributed by atoms with Gasteiger partial charge in [-0.15, -0.1) is 11.3 Å². The lowest BCUT2D eigenvalue weighted by Crippen LogP contribution is -2.25. The van der Waals surface area contributed by atoms with Crippen LogP contribution in [0, 0.1) is 0 Å². The molecular formula is C9H12N2OS. The van der Waals surface area contributed by atoms with E-state index in [1.807, 2.05) is 5.38 Å². The number of carbonyl (C=O) groups excluding carboxylic acids is 1. The molecule has 2 rings (SSSR count). The van der Waals surface area contributed by atoms with Crippen LogP contribution >= 0.6 is 11.3 Å². The Bertz CT molecular complexity index is 310. The molecule has 1 saturated heterocycles. The van der Waals surface area contributed by atoms with Gasteiger partial charge in [0.05, 0.1) is 0 Å². The van der Waals surface area contributed by atoms with E-state index in [2.05, 4.69) is 16.8 Å². The first-order valence-corrected chi connectivity index (χ1v) is 5.36. The normalized spacial score (nSPS) is 22.2. The number of hydrogen-bond acceptors (Lipinski definition) is 4. The van der Waals surface area contributed by atoms with E-state index >= 15 is 0 Å². The minimum atomic E-state index is 0.555. The third-order valence-corrected chi connectivity index (χ3v) is 3.33. The topological polar surface area (TPSA) is 33.2 Å². The number of rotatable bonds is 2. The summed E-state index contributed by atoms with van der Waals surface area (Å²) in [4.78, 5) is 17.0. The maximum absolute atomic E-state index is 10.4. The Balaban J connectivity index is 2.19. The van der Waals surface area contributed by atoms with E-state index in [4.69, 9.17) is 0 Å². The van der Waals surface area contributed by atoms with E-state index in [-0.39, 0.29) is 0 Å². The van der Waals surface area contributed by atoms with Gasteiger partial charge in [0.2, 0.25) is 0 Å². The van der Waals surface area contributed by atoms with Crippen LogP contribution < -0.4 is 4.90 Å². The molecule has 0 aliphatic carbocycles. The Morgan fingerprint density at radius 3 is 3.15 bits per heavy atom. The van der Waals surface area contributed by atoms with Gasteiger partial charge in [-0.3, -0.25) is 4.79 Å². The van der Waals surface area contributed by atoms with Gasteiger partial charge in [-0.1, -0.05) is 0 Å². The Morgan fingerprint density at radius 1 is 1.77 bits per heavy atom. The molecule has 1 aliphatic heterocycles. The Hall–Kier alpha value is -0.900. The summed E-state index contributed by atoms with van der Waals surface area (Å²) in [5, 5.41) is 2.81. The molecule has 1 atom stereocenters. The van der Waals surface area contributed by atoms with Gasteiger partial charge < -0.3 is 4.90 Å². The van der Waals surface area contributed by atoms with Gasteiger partial charge in [-0.25, -0.2) is 4.98 Å². The van der Waals surface area contributed by atoms with Crippen molar-refractivity contribution in [2.45, 2.75) is 25.8 Å². The average Bonchev–Trinajstić information content (AvgIpc) is 2.71. The highest BCUT2D eigenvalue weighted by atomic mass is 32.1. The summed E-state index contributed by atoms with van der Waals surface area (Å²) in [6.07, 6.45) is 3.27. The quantitative estimate of drug-likeness (QED) is 0.678. The van der Waals surface area contributed by atoms with Crippen LogP contribution in [0.1, 0.15) is 30.3 Å². The summed E-state index contributed by atoms with van der Waals surface area (Å²) < 4.78 is 0. The second kappa shape index (κ2) is 3.46. The van der Waals surface area contributed by atoms with Crippen LogP contribution in [-0.2, 0) is 0 Å². The van der Waals surface area contributed by atoms with E-state index in [1.54, 1.807) is 11.3 Å². The number of carbonyl (C=O) groups is 1. The van der Waals surface area contributed by atoms with Crippen LogP contribution in [0.4, 0.5) is 5.13 Å². The third-order valence-electron chi connectivity index (χ3n) is 2.43. The zero-order chi connectivity index (χ0) is 9.26. The number of thiazole rings is 1. The monoisotopic (exact) mass is 196 g/mol. The van der Waals surface area contributed by atoms with E-state index < -0.39 is 0 Å². The van der Waals surface area contributed by atoms with Crippen molar-refractivity contribution in [3.8, 4) is 0 Å². The number of aldehydes is 1. The molecule has 2 heterocycles. The van der Waals surface area contributed by atoms with E-state index in [1.165, 1.54) is 12.8 Å². The second-order valence-electron chi connectivity index (χ2n) is 3.36. The van der Waals surface area contributed by atoms with Crippen molar-refractivity contribution in [1.82, 2.24) is 4.98 Å². The highest BCUT2D eigenvalue weighted by Crippen LogP contribution is 2.27. The molecule has 1 aliphatic rings. The van der Waals surface area contributed by atoms with Crippen LogP contribution in [0.5, 0.6) is 0 Å². The molecule has 1 aromatic heterocycles. The molecule has 0 amide bonds. The first-order chi connectivity index (χ1) is 6.31. The van der Waals surface area contributed by atoms with Crippen LogP contribution in [0.3, 0.4) is 0 Å². The molecule has 0 aromatic carbocycles. The number of aromatic nitrogens is 1. The second-order valence-corrected chi connectivity index (χ2v) is 4.19. The van der Waals surface area contributed by atoms with Crippen molar-refractivity contribution in [2.24, 2.45) is 0 Å². The molecule has 0 N–H and O–H groups in total. The fraction of sp³-hybridized carbons (Fsp3) is 0.556. The van der Waals surface area contributed by atoms with Gasteiger partial charge in [0.1, 0.15) is 5.69 Å². The first kappa shape index (κ1) is 8.69. The summed E-state index contributed by atoms with van der Waals surface area (Å²) in [6, 6.07) is 0.575. The fourth-order valence-electron chi connectivity index (χ4n) is 1.68. The zero-order valence-corrected chi connectivity index (χ0v) is 8.38. The lowest BCUT2D eigenvalue weighted by Gasteiger charge is -2.19. The van der Waals surface area contributed by atoms with Crippen LogP contribution in [-0.4, -0.2) is 23.9 Å². The standard InChI is InChI=1S/C9H12N2OS/c1-7-3-2-4-11(7)9-10-8(5-12)6-13-9/h5-7H,2-4H2,1H3/t7-/m0/s1. The summed E-state index contributed by atoms with van der Waals surface area (Å²) >= 11 is 1.56. The van der Waals surface area contributed by atoms with Crippen LogP contribution in [0.25, 0.3) is 0 Å². The molecule has 0 bridgehead atoms. The summed E-state index contributed by atoms with van der Waals surface area (Å²) in [6.45, 7) is 3.28. The first-order valence-electron chi connectivity index (χ1n) is 4.48. The van der Waals surface area contributed by atoms with Gasteiger partial charge in [0.25, 0.3) is 0 Å². The van der Waals surface area contributed by atoms with Gasteiger partial charge in [0, 0.05) is 18.0 Å². The van der Waals surface area contributed by atoms with Crippen molar-refractivity contribution in [1.29, 1.82) is 0 Å². The summed E-state index contributed by atoms with van der Waals surface area (Å²) in [7, 11) is 0. The molecule has 1 fully saturated rings. The SMILES string of the molecule is C[C@H]1CCCN1c1nc(C=O)cs1. The lowest BCUT2D eigenvalue weighted by atomic mass is 10.2. The van der Waals surface area contributed by atoms with Crippen molar-refractivity contribution in [3.63, 3.8) is 0 Å². The third kappa shape index (κ3) is 1.58. The average molecular weight is 196 g/mol. The number of hydrogen-bond donors (Lipinski definition) is 0. The smallest absolute Gasteiger partial charge is 0.186 e. The van der Waals surface area contributed by atoms with Crippen molar-refractivity contribution in [2.75, 3.05) is 11.4 Å². The maximum atomic E-state index is 10.4. The predicted octanol–water partition coefficient (Wildman–Crippen LogP) is 1.94. The minimum Gasteiger partial charge on any atom is -0.345 e. The molecular weight excluding hydrogens is 184 g/mol. The summed E-state index contributed by atoms with van der Waals surface area (Å²) in [5.74, 6) is 0. The van der Waals surface area contributed by atoms with Gasteiger partial charge in [-0.05, 0) is 19.8 Å². The number of anilines is 1. The molecule has 0 radical (unpaired) electrons. The molecule has 0 unspecified atom stereocenters. The molecule has 0 spiro atoms. The van der Waals surface area contributed by atoms with E-state index in [0.29, 0.717) is 11.7 Å². The molecule has 1 aromatic rings. The Kier molecular flexibility index (Phi) is 2.31. The fourth-order valence-corrected chi connectivity index (χ4v) is 2.58. The van der Waals surface area contributed by atoms with Crippen LogP contribution in [0.2, 0.25) is 0 Å². The van der Waals surface area contributed by atoms with E-state index in [9.17, 15) is 4.79 Å². The summed E-state index contributed by atoms with van der Waals surface area (Å²) in [5.41, 5.74) is 0.555. The Labute approximate surface area is 81.4 Å². The predicted molar refractivity (Wildman–Crippen MR) is 53.5 cm³/mol. The Morgan fingerprint density at radius 2 is 2.62 bits per heavy atom. The zero-order valence-electron chi connectivity index (χ0n) is 7.56. The number of nitrogens with zero attached hydrogens (tertiary/aromatic N) is 2. The molecule has 70 valence electrons. The molecule has 0 saturated carbocycles. The highest BCUT2D eigenvalue weighted by molar-refractivity contribution is 7.13.